The summed E-state index contributed by atoms with van der Waals surface area (Å²) in [4.78, 5) is 26.0. The maximum absolute atomic E-state index is 14.4. The number of alkyl halides is 7. The Balaban J connectivity index is 2.30. The Kier molecular flexibility index (Phi) is 10.2. The highest BCUT2D eigenvalue weighted by Crippen LogP contribution is 2.53. The molecule has 2 amide bonds. The standard InChI is InChI=1S/C25H28ClF7N2O2SSi/c1-14-11-16(23(27,24(28,29)30)25(31,32)33)9-10-19(14)35-21(36)17-7-6-8-18(26)20(17)22(37)34-15(2)12-38-13-39(3,4)5/h6-11,15H,12-13H2,1-5H3,(H,34,37)(H,35,36). The molecule has 2 rings (SSSR count). The molecule has 216 valence electrons. The summed E-state index contributed by atoms with van der Waals surface area (Å²) in [6.45, 7) is 9.55. The number of benzene rings is 2. The van der Waals surface area contributed by atoms with Crippen LogP contribution in [-0.2, 0) is 5.67 Å². The fourth-order valence-electron chi connectivity index (χ4n) is 3.52. The first-order valence-electron chi connectivity index (χ1n) is 11.6. The number of carbonyl (C=O) groups excluding carboxylic acids is 2. The van der Waals surface area contributed by atoms with E-state index in [0.29, 0.717) is 17.9 Å². The molecular weight excluding hydrogens is 589 g/mol. The third kappa shape index (κ3) is 7.91. The van der Waals surface area contributed by atoms with E-state index in [1.54, 1.807) is 18.7 Å². The Bertz CT molecular complexity index is 1200. The second kappa shape index (κ2) is 12.1. The molecule has 0 radical (unpaired) electrons. The predicted molar refractivity (Wildman–Crippen MR) is 143 cm³/mol. The molecule has 0 aliphatic heterocycles. The molecule has 0 heterocycles. The molecule has 0 aliphatic carbocycles. The molecule has 0 saturated carbocycles. The third-order valence-electron chi connectivity index (χ3n) is 5.42. The number of rotatable bonds is 9. The minimum Gasteiger partial charge on any atom is -0.349 e. The number of anilines is 1. The van der Waals surface area contributed by atoms with Gasteiger partial charge in [-0.3, -0.25) is 9.59 Å². The maximum atomic E-state index is 14.4. The summed E-state index contributed by atoms with van der Waals surface area (Å²) in [7, 11) is -1.29. The van der Waals surface area contributed by atoms with Crippen LogP contribution in [0.25, 0.3) is 0 Å². The van der Waals surface area contributed by atoms with Crippen molar-refractivity contribution in [1.29, 1.82) is 0 Å². The molecule has 2 aromatic rings. The second-order valence-corrected chi connectivity index (χ2v) is 17.7. The summed E-state index contributed by atoms with van der Waals surface area (Å²) in [5, 5.41) is 6.08. The van der Waals surface area contributed by atoms with Gasteiger partial charge in [-0.25, -0.2) is 4.39 Å². The molecule has 0 aliphatic rings. The van der Waals surface area contributed by atoms with Gasteiger partial charge in [0.05, 0.1) is 24.2 Å². The van der Waals surface area contributed by atoms with Crippen molar-refractivity contribution in [3.63, 3.8) is 0 Å². The van der Waals surface area contributed by atoms with Gasteiger partial charge in [-0.15, -0.1) is 0 Å². The van der Waals surface area contributed by atoms with Crippen LogP contribution in [0.15, 0.2) is 36.4 Å². The lowest BCUT2D eigenvalue weighted by Gasteiger charge is -2.30. The summed E-state index contributed by atoms with van der Waals surface area (Å²) in [5.74, 6) is -0.895. The number of aryl methyl sites for hydroxylation is 1. The summed E-state index contributed by atoms with van der Waals surface area (Å²) in [5.41, 5.74) is -8.05. The van der Waals surface area contributed by atoms with Crippen molar-refractivity contribution in [3.05, 3.63) is 63.7 Å². The SMILES string of the molecule is Cc1cc(C(F)(C(F)(F)F)C(F)(F)F)ccc1NC(=O)c1cccc(Cl)c1C(=O)NC(C)CSC[Si](C)(C)C. The highest BCUT2D eigenvalue weighted by molar-refractivity contribution is 8.00. The van der Waals surface area contributed by atoms with Gasteiger partial charge in [0.25, 0.3) is 11.8 Å². The van der Waals surface area contributed by atoms with Gasteiger partial charge in [-0.2, -0.15) is 38.1 Å². The fraction of sp³-hybridized carbons (Fsp3) is 0.440. The van der Waals surface area contributed by atoms with E-state index in [-0.39, 0.29) is 33.4 Å². The van der Waals surface area contributed by atoms with Gasteiger partial charge >= 0.3 is 18.0 Å². The second-order valence-electron chi connectivity index (χ2n) is 10.3. The largest absolute Gasteiger partial charge is 0.435 e. The highest BCUT2D eigenvalue weighted by Gasteiger charge is 2.73. The highest BCUT2D eigenvalue weighted by atomic mass is 35.5. The van der Waals surface area contributed by atoms with E-state index >= 15 is 0 Å². The van der Waals surface area contributed by atoms with E-state index in [4.69, 9.17) is 11.6 Å². The van der Waals surface area contributed by atoms with Crippen LogP contribution in [0.5, 0.6) is 0 Å². The van der Waals surface area contributed by atoms with Gasteiger partial charge < -0.3 is 10.6 Å². The molecule has 0 spiro atoms. The number of halogens is 8. The molecular formula is C25H28ClF7N2O2SSi. The van der Waals surface area contributed by atoms with E-state index in [9.17, 15) is 40.3 Å². The zero-order valence-corrected chi connectivity index (χ0v) is 24.3. The van der Waals surface area contributed by atoms with Gasteiger partial charge in [0.15, 0.2) is 0 Å². The molecule has 0 saturated heterocycles. The van der Waals surface area contributed by atoms with Crippen LogP contribution in [-0.4, -0.2) is 49.4 Å². The minimum atomic E-state index is -6.27. The summed E-state index contributed by atoms with van der Waals surface area (Å²) < 4.78 is 93.0. The lowest BCUT2D eigenvalue weighted by molar-refractivity contribution is -0.348. The Labute approximate surface area is 232 Å². The van der Waals surface area contributed by atoms with Crippen molar-refractivity contribution in [2.45, 2.75) is 57.6 Å². The van der Waals surface area contributed by atoms with Crippen LogP contribution in [0.4, 0.5) is 36.4 Å². The normalized spacial score (nSPS) is 13.7. The van der Waals surface area contributed by atoms with Crippen molar-refractivity contribution in [2.24, 2.45) is 0 Å². The van der Waals surface area contributed by atoms with Crippen molar-refractivity contribution >= 4 is 48.9 Å². The van der Waals surface area contributed by atoms with E-state index in [2.05, 4.69) is 30.3 Å². The van der Waals surface area contributed by atoms with Gasteiger partial charge in [-0.05, 0) is 43.0 Å². The average Bonchev–Trinajstić information content (AvgIpc) is 2.77. The number of hydrogen-bond donors (Lipinski definition) is 2. The lowest BCUT2D eigenvalue weighted by atomic mass is 9.92. The smallest absolute Gasteiger partial charge is 0.349 e. The van der Waals surface area contributed by atoms with Crippen LogP contribution in [0, 0.1) is 6.92 Å². The van der Waals surface area contributed by atoms with E-state index < -0.39 is 43.5 Å². The molecule has 2 aromatic carbocycles. The van der Waals surface area contributed by atoms with Crippen LogP contribution >= 0.6 is 23.4 Å². The molecule has 0 fully saturated rings. The van der Waals surface area contributed by atoms with Crippen molar-refractivity contribution in [1.82, 2.24) is 5.32 Å². The molecule has 1 atom stereocenters. The molecule has 4 nitrogen and oxygen atoms in total. The quantitative estimate of drug-likeness (QED) is 0.222. The fourth-order valence-corrected chi connectivity index (χ4v) is 7.14. The van der Waals surface area contributed by atoms with E-state index in [0.717, 1.165) is 18.4 Å². The molecule has 0 bridgehead atoms. The van der Waals surface area contributed by atoms with Crippen LogP contribution in [0.2, 0.25) is 24.7 Å². The Morgan fingerprint density at radius 1 is 0.974 bits per heavy atom. The first kappa shape index (κ1) is 33.0. The maximum Gasteiger partial charge on any atom is 0.435 e. The minimum absolute atomic E-state index is 0.0354. The van der Waals surface area contributed by atoms with Crippen molar-refractivity contribution in [3.8, 4) is 0 Å². The van der Waals surface area contributed by atoms with Gasteiger partial charge in [0.2, 0.25) is 0 Å². The molecule has 2 N–H and O–H groups in total. The van der Waals surface area contributed by atoms with Crippen LogP contribution in [0.3, 0.4) is 0 Å². The summed E-state index contributed by atoms with van der Waals surface area (Å²) in [6.07, 6.45) is -12.5. The Hall–Kier alpha value is -2.25. The monoisotopic (exact) mass is 616 g/mol. The summed E-state index contributed by atoms with van der Waals surface area (Å²) >= 11 is 7.91. The summed E-state index contributed by atoms with van der Waals surface area (Å²) in [6, 6.07) is 5.23. The number of amides is 2. The van der Waals surface area contributed by atoms with Crippen LogP contribution in [0.1, 0.15) is 38.8 Å². The topological polar surface area (TPSA) is 58.2 Å². The number of hydrogen-bond acceptors (Lipinski definition) is 3. The lowest BCUT2D eigenvalue weighted by Crippen LogP contribution is -2.50. The third-order valence-corrected chi connectivity index (χ3v) is 10.8. The molecule has 14 heteroatoms. The Morgan fingerprint density at radius 3 is 2.08 bits per heavy atom. The average molecular weight is 617 g/mol. The van der Waals surface area contributed by atoms with E-state index in [1.807, 2.05) is 0 Å². The van der Waals surface area contributed by atoms with Crippen LogP contribution < -0.4 is 10.6 Å². The van der Waals surface area contributed by atoms with Crippen molar-refractivity contribution in [2.75, 3.05) is 16.4 Å². The van der Waals surface area contributed by atoms with Gasteiger partial charge in [0.1, 0.15) is 0 Å². The number of carbonyl (C=O) groups is 2. The van der Waals surface area contributed by atoms with E-state index in [1.165, 1.54) is 18.2 Å². The first-order valence-corrected chi connectivity index (χ1v) is 16.8. The van der Waals surface area contributed by atoms with Crippen molar-refractivity contribution < 1.29 is 40.3 Å². The first-order chi connectivity index (χ1) is 17.7. The number of thioether (sulfide) groups is 1. The zero-order valence-electron chi connectivity index (χ0n) is 21.7. The van der Waals surface area contributed by atoms with Gasteiger partial charge in [-0.1, -0.05) is 49.4 Å². The zero-order chi connectivity index (χ0) is 30.0. The molecule has 1 unspecified atom stereocenters. The van der Waals surface area contributed by atoms with Gasteiger partial charge in [0, 0.05) is 23.0 Å². The molecule has 39 heavy (non-hydrogen) atoms. The Morgan fingerprint density at radius 2 is 1.56 bits per heavy atom. The predicted octanol–water partition coefficient (Wildman–Crippen LogP) is 7.92. The number of nitrogens with one attached hydrogen (secondary N) is 2. The molecule has 0 aromatic heterocycles.